The summed E-state index contributed by atoms with van der Waals surface area (Å²) in [5.41, 5.74) is 3.98. The summed E-state index contributed by atoms with van der Waals surface area (Å²) in [5, 5.41) is 21.1. The Morgan fingerprint density at radius 1 is 1.55 bits per heavy atom. The Morgan fingerprint density at radius 2 is 2.40 bits per heavy atom. The molecule has 20 heavy (non-hydrogen) atoms. The van der Waals surface area contributed by atoms with Crippen molar-refractivity contribution >= 4 is 0 Å². The van der Waals surface area contributed by atoms with E-state index in [4.69, 9.17) is 4.52 Å². The van der Waals surface area contributed by atoms with Gasteiger partial charge in [0, 0.05) is 31.6 Å². The van der Waals surface area contributed by atoms with Gasteiger partial charge in [0.15, 0.2) is 0 Å². The highest BCUT2D eigenvalue weighted by molar-refractivity contribution is 5.26. The van der Waals surface area contributed by atoms with E-state index in [0.29, 0.717) is 11.7 Å². The first kappa shape index (κ1) is 13.3. The van der Waals surface area contributed by atoms with Crippen molar-refractivity contribution in [3.05, 3.63) is 34.5 Å². The molecular weight excluding hydrogens is 256 g/mol. The first-order valence-electron chi connectivity index (χ1n) is 6.97. The molecule has 0 radical (unpaired) electrons. The van der Waals surface area contributed by atoms with Gasteiger partial charge in [-0.05, 0) is 25.8 Å². The van der Waals surface area contributed by atoms with E-state index < -0.39 is 0 Å². The number of aliphatic hydroxyl groups excluding tert-OH is 1. The van der Waals surface area contributed by atoms with Crippen LogP contribution >= 0.6 is 0 Å². The lowest BCUT2D eigenvalue weighted by Gasteiger charge is -2.22. The third kappa shape index (κ3) is 2.48. The van der Waals surface area contributed by atoms with Gasteiger partial charge in [0.05, 0.1) is 18.0 Å². The second-order valence-corrected chi connectivity index (χ2v) is 5.41. The van der Waals surface area contributed by atoms with Gasteiger partial charge in [0.25, 0.3) is 0 Å². The number of aromatic nitrogens is 3. The number of nitrogens with one attached hydrogen (secondary N) is 1. The van der Waals surface area contributed by atoms with Crippen LogP contribution in [0.2, 0.25) is 0 Å². The lowest BCUT2D eigenvalue weighted by Crippen LogP contribution is -2.34. The van der Waals surface area contributed by atoms with E-state index in [1.54, 1.807) is 0 Å². The Kier molecular flexibility index (Phi) is 3.58. The molecule has 2 N–H and O–H groups in total. The highest BCUT2D eigenvalue weighted by Crippen LogP contribution is 2.24. The summed E-state index contributed by atoms with van der Waals surface area (Å²) >= 11 is 0. The molecule has 1 unspecified atom stereocenters. The van der Waals surface area contributed by atoms with E-state index in [9.17, 15) is 5.11 Å². The van der Waals surface area contributed by atoms with Crippen LogP contribution in [-0.2, 0) is 33.0 Å². The summed E-state index contributed by atoms with van der Waals surface area (Å²) < 4.78 is 7.17. The summed E-state index contributed by atoms with van der Waals surface area (Å²) in [6, 6.07) is 2.49. The van der Waals surface area contributed by atoms with Gasteiger partial charge in [-0.25, -0.2) is 0 Å². The number of fused-ring (bicyclic) bond motifs is 1. The molecular formula is C14H20N4O2. The van der Waals surface area contributed by atoms with Crippen LogP contribution in [-0.4, -0.2) is 26.1 Å². The molecule has 1 aliphatic carbocycles. The Hall–Kier alpha value is -1.66. The van der Waals surface area contributed by atoms with Crippen LogP contribution in [0.4, 0.5) is 0 Å². The number of aliphatic hydroxyl groups is 1. The van der Waals surface area contributed by atoms with Crippen molar-refractivity contribution in [3.8, 4) is 0 Å². The Bertz CT molecular complexity index is 589. The number of nitrogens with zero attached hydrogens (tertiary/aromatic N) is 3. The second-order valence-electron chi connectivity index (χ2n) is 5.41. The lowest BCUT2D eigenvalue weighted by atomic mass is 9.92. The van der Waals surface area contributed by atoms with Crippen molar-refractivity contribution in [3.63, 3.8) is 0 Å². The molecule has 2 aromatic rings. The zero-order chi connectivity index (χ0) is 14.1. The molecule has 6 nitrogen and oxygen atoms in total. The van der Waals surface area contributed by atoms with Gasteiger partial charge in [-0.15, -0.1) is 0 Å². The molecule has 2 heterocycles. The van der Waals surface area contributed by atoms with Crippen LogP contribution in [0.15, 0.2) is 10.6 Å². The number of hydrogen-bond donors (Lipinski definition) is 2. The monoisotopic (exact) mass is 276 g/mol. The third-order valence-electron chi connectivity index (χ3n) is 3.94. The maximum Gasteiger partial charge on any atom is 0.140 e. The van der Waals surface area contributed by atoms with E-state index in [0.717, 1.165) is 42.8 Å². The highest BCUT2D eigenvalue weighted by atomic mass is 16.5. The molecule has 108 valence electrons. The highest BCUT2D eigenvalue weighted by Gasteiger charge is 2.25. The minimum atomic E-state index is -0.0491. The zero-order valence-electron chi connectivity index (χ0n) is 11.9. The molecule has 6 heteroatoms. The van der Waals surface area contributed by atoms with Gasteiger partial charge < -0.3 is 14.9 Å². The second kappa shape index (κ2) is 5.38. The quantitative estimate of drug-likeness (QED) is 0.866. The van der Waals surface area contributed by atoms with E-state index in [2.05, 4.69) is 21.6 Å². The van der Waals surface area contributed by atoms with Gasteiger partial charge in [-0.3, -0.25) is 4.68 Å². The Balaban J connectivity index is 1.64. The van der Waals surface area contributed by atoms with Crippen molar-refractivity contribution in [1.82, 2.24) is 20.3 Å². The molecule has 0 saturated carbocycles. The molecule has 0 spiro atoms. The van der Waals surface area contributed by atoms with Gasteiger partial charge >= 0.3 is 0 Å². The average Bonchev–Trinajstić information content (AvgIpc) is 2.98. The number of aryl methyl sites for hydroxylation is 3. The fourth-order valence-electron chi connectivity index (χ4n) is 2.84. The standard InChI is InChI=1S/C14H20N4O2/c1-9-5-11(18(2)16-9)7-15-10-3-4-14-12(6-10)13(8-19)17-20-14/h5,10,15,19H,3-4,6-8H2,1-2H3. The van der Waals surface area contributed by atoms with Crippen molar-refractivity contribution in [2.75, 3.05) is 0 Å². The maximum absolute atomic E-state index is 9.26. The van der Waals surface area contributed by atoms with E-state index in [1.807, 2.05) is 18.7 Å². The summed E-state index contributed by atoms with van der Waals surface area (Å²) in [6.45, 7) is 2.75. The lowest BCUT2D eigenvalue weighted by molar-refractivity contribution is 0.265. The average molecular weight is 276 g/mol. The van der Waals surface area contributed by atoms with Gasteiger partial charge in [0.1, 0.15) is 11.5 Å². The van der Waals surface area contributed by atoms with Gasteiger partial charge in [-0.1, -0.05) is 5.16 Å². The van der Waals surface area contributed by atoms with Crippen LogP contribution in [0.1, 0.15) is 34.8 Å². The largest absolute Gasteiger partial charge is 0.390 e. The third-order valence-corrected chi connectivity index (χ3v) is 3.94. The Morgan fingerprint density at radius 3 is 3.10 bits per heavy atom. The summed E-state index contributed by atoms with van der Waals surface area (Å²) in [5.74, 6) is 0.934. The minimum Gasteiger partial charge on any atom is -0.390 e. The van der Waals surface area contributed by atoms with Crippen molar-refractivity contribution in [1.29, 1.82) is 0 Å². The fraction of sp³-hybridized carbons (Fsp3) is 0.571. The number of hydrogen-bond acceptors (Lipinski definition) is 5. The summed E-state index contributed by atoms with van der Waals surface area (Å²) in [7, 11) is 1.97. The van der Waals surface area contributed by atoms with Crippen molar-refractivity contribution in [2.45, 2.75) is 45.4 Å². The molecule has 0 fully saturated rings. The molecule has 0 aromatic carbocycles. The van der Waals surface area contributed by atoms with Crippen LogP contribution in [0.5, 0.6) is 0 Å². The molecule has 3 rings (SSSR count). The van der Waals surface area contributed by atoms with Crippen LogP contribution in [0.25, 0.3) is 0 Å². The van der Waals surface area contributed by atoms with Crippen molar-refractivity contribution < 1.29 is 9.63 Å². The minimum absolute atomic E-state index is 0.0491. The zero-order valence-corrected chi connectivity index (χ0v) is 11.9. The first-order valence-corrected chi connectivity index (χ1v) is 6.97. The molecule has 0 saturated heterocycles. The van der Waals surface area contributed by atoms with E-state index >= 15 is 0 Å². The van der Waals surface area contributed by atoms with E-state index in [-0.39, 0.29) is 6.61 Å². The van der Waals surface area contributed by atoms with Crippen LogP contribution in [0.3, 0.4) is 0 Å². The molecule has 2 aromatic heterocycles. The van der Waals surface area contributed by atoms with Crippen LogP contribution < -0.4 is 5.32 Å². The molecule has 0 aliphatic heterocycles. The summed E-state index contributed by atoms with van der Waals surface area (Å²) in [6.07, 6.45) is 2.78. The molecule has 1 atom stereocenters. The Labute approximate surface area is 117 Å². The fourth-order valence-corrected chi connectivity index (χ4v) is 2.84. The predicted octanol–water partition coefficient (Wildman–Crippen LogP) is 0.856. The predicted molar refractivity (Wildman–Crippen MR) is 73.0 cm³/mol. The topological polar surface area (TPSA) is 76.1 Å². The number of rotatable bonds is 4. The smallest absolute Gasteiger partial charge is 0.140 e. The van der Waals surface area contributed by atoms with Crippen molar-refractivity contribution in [2.24, 2.45) is 7.05 Å². The maximum atomic E-state index is 9.26. The van der Waals surface area contributed by atoms with E-state index in [1.165, 1.54) is 5.69 Å². The first-order chi connectivity index (χ1) is 9.67. The SMILES string of the molecule is Cc1cc(CNC2CCc3onc(CO)c3C2)n(C)n1. The van der Waals surface area contributed by atoms with Gasteiger partial charge in [-0.2, -0.15) is 5.10 Å². The normalized spacial score (nSPS) is 18.2. The van der Waals surface area contributed by atoms with Crippen LogP contribution in [0, 0.1) is 6.92 Å². The molecule has 1 aliphatic rings. The van der Waals surface area contributed by atoms with Gasteiger partial charge in [0.2, 0.25) is 0 Å². The molecule has 0 amide bonds. The summed E-state index contributed by atoms with van der Waals surface area (Å²) in [4.78, 5) is 0. The molecule has 0 bridgehead atoms.